The van der Waals surface area contributed by atoms with Gasteiger partial charge in [-0.2, -0.15) is 0 Å². The first-order chi connectivity index (χ1) is 19.1. The zero-order chi connectivity index (χ0) is 28.6. The van der Waals surface area contributed by atoms with Crippen LogP contribution in [-0.4, -0.2) is 31.8 Å². The van der Waals surface area contributed by atoms with E-state index in [0.29, 0.717) is 23.6 Å². The van der Waals surface area contributed by atoms with Crippen LogP contribution in [-0.2, 0) is 39.3 Å². The zero-order valence-corrected chi connectivity index (χ0v) is 23.2. The van der Waals surface area contributed by atoms with Gasteiger partial charge in [-0.05, 0) is 23.3 Å². The highest BCUT2D eigenvalue weighted by molar-refractivity contribution is 5.98. The topological polar surface area (TPSA) is 112 Å². The summed E-state index contributed by atoms with van der Waals surface area (Å²) in [5, 5.41) is 13.7. The molecule has 2 aromatic heterocycles. The highest BCUT2D eigenvalue weighted by Crippen LogP contribution is 2.38. The van der Waals surface area contributed by atoms with Gasteiger partial charge < -0.3 is 24.0 Å². The van der Waals surface area contributed by atoms with E-state index in [4.69, 9.17) is 14.2 Å². The van der Waals surface area contributed by atoms with Crippen LogP contribution in [0.5, 0.6) is 5.75 Å². The van der Waals surface area contributed by atoms with Gasteiger partial charge in [-0.3, -0.25) is 9.59 Å². The van der Waals surface area contributed by atoms with Crippen molar-refractivity contribution in [1.29, 1.82) is 0 Å². The number of aromatic nitrogens is 4. The molecule has 10 heteroatoms. The van der Waals surface area contributed by atoms with E-state index >= 15 is 0 Å². The number of carbonyl (C=O) groups excluding carboxylic acids is 2. The lowest BCUT2D eigenvalue weighted by Gasteiger charge is -2.35. The van der Waals surface area contributed by atoms with E-state index in [1.165, 1.54) is 13.8 Å². The fraction of sp³-hybridized carbons (Fsp3) is 0.333. The molecule has 4 aromatic rings. The number of nitrogens with zero attached hydrogens (tertiary/aromatic N) is 4. The number of ether oxygens (including phenoxy) is 3. The number of esters is 2. The molecule has 1 atom stereocenters. The average molecular weight is 545 g/mol. The number of aryl methyl sites for hydroxylation is 1. The molecule has 1 saturated heterocycles. The number of hydrogen-bond donors (Lipinski definition) is 0. The van der Waals surface area contributed by atoms with Crippen molar-refractivity contribution in [1.82, 2.24) is 14.1 Å². The Labute approximate surface area is 232 Å². The van der Waals surface area contributed by atoms with E-state index < -0.39 is 29.6 Å². The van der Waals surface area contributed by atoms with E-state index in [9.17, 15) is 14.8 Å². The van der Waals surface area contributed by atoms with E-state index in [0.717, 1.165) is 21.8 Å². The van der Waals surface area contributed by atoms with Crippen molar-refractivity contribution in [2.45, 2.75) is 52.6 Å². The van der Waals surface area contributed by atoms with Crippen molar-refractivity contribution in [2.24, 2.45) is 13.0 Å². The van der Waals surface area contributed by atoms with Gasteiger partial charge in [0, 0.05) is 47.1 Å². The quantitative estimate of drug-likeness (QED) is 0.144. The Balaban J connectivity index is 1.58. The van der Waals surface area contributed by atoms with Gasteiger partial charge in [-0.1, -0.05) is 42.5 Å². The summed E-state index contributed by atoms with van der Waals surface area (Å²) < 4.78 is 21.4. The van der Waals surface area contributed by atoms with Crippen molar-refractivity contribution in [2.75, 3.05) is 0 Å². The molecular formula is C30H32N4O6. The highest BCUT2D eigenvalue weighted by Gasteiger charge is 2.52. The minimum Gasteiger partial charge on any atom is -0.711 e. The average Bonchev–Trinajstić information content (AvgIpc) is 3.41. The molecule has 5 rings (SSSR count). The molecule has 1 aliphatic rings. The highest BCUT2D eigenvalue weighted by atomic mass is 16.7. The molecule has 0 N–H and O–H groups in total. The molecule has 208 valence electrons. The molecule has 0 radical (unpaired) electrons. The van der Waals surface area contributed by atoms with Gasteiger partial charge in [0.05, 0.1) is 0 Å². The SMILES string of the molecule is Cc1c(C)[n+]([O-])c(C(c2ccc(OCc3nccn3C)cc2)C2C(=O)OC(C)(C)OC2=O)n1Cc1ccccc1. The summed E-state index contributed by atoms with van der Waals surface area (Å²) in [6.07, 6.45) is 3.53. The van der Waals surface area contributed by atoms with Crippen molar-refractivity contribution in [3.05, 3.63) is 106 Å². The Hall–Kier alpha value is -4.60. The monoisotopic (exact) mass is 544 g/mol. The van der Waals surface area contributed by atoms with Crippen LogP contribution in [0.3, 0.4) is 0 Å². The predicted molar refractivity (Wildman–Crippen MR) is 144 cm³/mol. The Morgan fingerprint density at radius 2 is 1.70 bits per heavy atom. The molecule has 0 spiro atoms. The second-order valence-corrected chi connectivity index (χ2v) is 10.4. The van der Waals surface area contributed by atoms with Gasteiger partial charge in [0.1, 0.15) is 42.0 Å². The molecule has 0 bridgehead atoms. The zero-order valence-electron chi connectivity index (χ0n) is 23.2. The first-order valence-corrected chi connectivity index (χ1v) is 13.0. The van der Waals surface area contributed by atoms with Crippen LogP contribution in [0, 0.1) is 25.0 Å². The second kappa shape index (κ2) is 10.5. The molecule has 1 fully saturated rings. The maximum Gasteiger partial charge on any atom is 0.324 e. The molecule has 2 aromatic carbocycles. The molecule has 1 unspecified atom stereocenters. The second-order valence-electron chi connectivity index (χ2n) is 10.4. The molecule has 3 heterocycles. The summed E-state index contributed by atoms with van der Waals surface area (Å²) in [5.41, 5.74) is 2.74. The summed E-state index contributed by atoms with van der Waals surface area (Å²) in [6.45, 7) is 7.22. The smallest absolute Gasteiger partial charge is 0.324 e. The minimum absolute atomic E-state index is 0.249. The Kier molecular flexibility index (Phi) is 7.10. The lowest BCUT2D eigenvalue weighted by molar-refractivity contribution is -0.621. The van der Waals surface area contributed by atoms with Crippen LogP contribution in [0.4, 0.5) is 0 Å². The van der Waals surface area contributed by atoms with Crippen molar-refractivity contribution >= 4 is 11.9 Å². The van der Waals surface area contributed by atoms with Gasteiger partial charge >= 0.3 is 11.9 Å². The maximum atomic E-state index is 13.7. The van der Waals surface area contributed by atoms with E-state index in [1.54, 1.807) is 37.4 Å². The van der Waals surface area contributed by atoms with Crippen molar-refractivity contribution in [3.63, 3.8) is 0 Å². The third-order valence-electron chi connectivity index (χ3n) is 7.24. The standard InChI is InChI=1S/C30H32N4O6/c1-19-20(2)34(37)27(33(19)17-21-9-7-6-8-10-21)25(26-28(35)39-30(3,4)40-29(26)36)22-11-13-23(14-12-22)38-18-24-31-15-16-32(24)5/h6-16,25-26H,17-18H2,1-5H3. The Bertz CT molecular complexity index is 1520. The number of hydrogen-bond acceptors (Lipinski definition) is 7. The molecule has 0 saturated carbocycles. The van der Waals surface area contributed by atoms with Crippen LogP contribution in [0.1, 0.15) is 53.9 Å². The normalized spacial score (nSPS) is 15.9. The summed E-state index contributed by atoms with van der Waals surface area (Å²) in [4.78, 5) is 30.9. The van der Waals surface area contributed by atoms with Crippen LogP contribution in [0.15, 0.2) is 67.0 Å². The van der Waals surface area contributed by atoms with Crippen molar-refractivity contribution in [3.8, 4) is 5.75 Å². The predicted octanol–water partition coefficient (Wildman–Crippen LogP) is 3.68. The summed E-state index contributed by atoms with van der Waals surface area (Å²) >= 11 is 0. The number of rotatable bonds is 8. The van der Waals surface area contributed by atoms with Gasteiger partial charge in [-0.25, -0.2) is 14.3 Å². The van der Waals surface area contributed by atoms with Crippen LogP contribution >= 0.6 is 0 Å². The lowest BCUT2D eigenvalue weighted by atomic mass is 9.84. The Morgan fingerprint density at radius 1 is 1.05 bits per heavy atom. The third-order valence-corrected chi connectivity index (χ3v) is 7.24. The molecule has 40 heavy (non-hydrogen) atoms. The largest absolute Gasteiger partial charge is 0.711 e. The molecular weight excluding hydrogens is 512 g/mol. The van der Waals surface area contributed by atoms with Gasteiger partial charge in [0.2, 0.25) is 0 Å². The minimum atomic E-state index is -1.40. The van der Waals surface area contributed by atoms with Gasteiger partial charge in [0.25, 0.3) is 11.6 Å². The number of benzene rings is 2. The third kappa shape index (κ3) is 5.16. The number of cyclic esters (lactones) is 2. The molecule has 0 aliphatic carbocycles. The van der Waals surface area contributed by atoms with Crippen LogP contribution in [0.25, 0.3) is 0 Å². The van der Waals surface area contributed by atoms with E-state index in [1.807, 2.05) is 59.6 Å². The lowest BCUT2D eigenvalue weighted by Crippen LogP contribution is -2.50. The van der Waals surface area contributed by atoms with E-state index in [-0.39, 0.29) is 12.4 Å². The summed E-state index contributed by atoms with van der Waals surface area (Å²) in [5.74, 6) is -3.67. The molecule has 0 amide bonds. The fourth-order valence-corrected chi connectivity index (χ4v) is 5.00. The first kappa shape index (κ1) is 27.0. The summed E-state index contributed by atoms with van der Waals surface area (Å²) in [7, 11) is 1.88. The fourth-order valence-electron chi connectivity index (χ4n) is 5.00. The summed E-state index contributed by atoms with van der Waals surface area (Å²) in [6, 6.07) is 16.7. The van der Waals surface area contributed by atoms with Crippen LogP contribution < -0.4 is 9.47 Å². The van der Waals surface area contributed by atoms with Crippen molar-refractivity contribution < 1.29 is 28.5 Å². The number of imidazole rings is 2. The van der Waals surface area contributed by atoms with E-state index in [2.05, 4.69) is 4.98 Å². The van der Waals surface area contributed by atoms with Crippen LogP contribution in [0.2, 0.25) is 0 Å². The first-order valence-electron chi connectivity index (χ1n) is 13.0. The Morgan fingerprint density at radius 3 is 2.30 bits per heavy atom. The maximum absolute atomic E-state index is 13.7. The molecule has 1 aliphatic heterocycles. The number of carbonyl (C=O) groups is 2. The van der Waals surface area contributed by atoms with Gasteiger partial charge in [0.15, 0.2) is 5.92 Å². The molecule has 10 nitrogen and oxygen atoms in total. The van der Waals surface area contributed by atoms with Gasteiger partial charge in [-0.15, -0.1) is 0 Å².